The summed E-state index contributed by atoms with van der Waals surface area (Å²) in [6.07, 6.45) is 1.00. The number of anilines is 1. The number of carbonyl (C=O) groups is 2. The standard InChI is InChI=1S/C13H17ClN2O3/c1-8(7-15)2-5-12(17)16-11-6-9(13(18)19)3-4-10(11)14/h3-4,6,8H,2,5,7,15H2,1H3,(H,16,17)(H,18,19). The summed E-state index contributed by atoms with van der Waals surface area (Å²) in [4.78, 5) is 22.5. The van der Waals surface area contributed by atoms with Crippen LogP contribution in [0, 0.1) is 5.92 Å². The van der Waals surface area contributed by atoms with Crippen molar-refractivity contribution in [2.75, 3.05) is 11.9 Å². The van der Waals surface area contributed by atoms with Crippen molar-refractivity contribution in [2.24, 2.45) is 11.7 Å². The van der Waals surface area contributed by atoms with E-state index in [2.05, 4.69) is 5.32 Å². The minimum atomic E-state index is -1.07. The number of carbonyl (C=O) groups excluding carboxylic acids is 1. The van der Waals surface area contributed by atoms with Crippen molar-refractivity contribution in [1.82, 2.24) is 0 Å². The zero-order valence-electron chi connectivity index (χ0n) is 10.6. The van der Waals surface area contributed by atoms with Gasteiger partial charge in [-0.05, 0) is 37.1 Å². The molecule has 1 amide bonds. The van der Waals surface area contributed by atoms with Crippen molar-refractivity contribution in [3.8, 4) is 0 Å². The minimum Gasteiger partial charge on any atom is -0.478 e. The van der Waals surface area contributed by atoms with E-state index >= 15 is 0 Å². The largest absolute Gasteiger partial charge is 0.478 e. The Labute approximate surface area is 116 Å². The molecule has 1 aromatic rings. The van der Waals surface area contributed by atoms with Gasteiger partial charge in [0, 0.05) is 6.42 Å². The number of rotatable bonds is 6. The Morgan fingerprint density at radius 2 is 2.16 bits per heavy atom. The molecule has 6 heteroatoms. The van der Waals surface area contributed by atoms with Crippen LogP contribution in [0.1, 0.15) is 30.1 Å². The SMILES string of the molecule is CC(CN)CCC(=O)Nc1cc(C(=O)O)ccc1Cl. The summed E-state index contributed by atoms with van der Waals surface area (Å²) in [7, 11) is 0. The summed E-state index contributed by atoms with van der Waals surface area (Å²) < 4.78 is 0. The monoisotopic (exact) mass is 284 g/mol. The van der Waals surface area contributed by atoms with Gasteiger partial charge in [0.05, 0.1) is 16.3 Å². The Morgan fingerprint density at radius 1 is 1.47 bits per heavy atom. The van der Waals surface area contributed by atoms with Crippen LogP contribution in [0.15, 0.2) is 18.2 Å². The normalized spacial score (nSPS) is 11.9. The molecule has 0 bridgehead atoms. The molecule has 0 spiro atoms. The molecule has 4 N–H and O–H groups in total. The van der Waals surface area contributed by atoms with E-state index in [4.69, 9.17) is 22.4 Å². The van der Waals surface area contributed by atoms with Gasteiger partial charge >= 0.3 is 5.97 Å². The van der Waals surface area contributed by atoms with E-state index in [0.29, 0.717) is 30.1 Å². The van der Waals surface area contributed by atoms with Crippen molar-refractivity contribution >= 4 is 29.2 Å². The fourth-order valence-electron chi connectivity index (χ4n) is 1.46. The molecular formula is C13H17ClN2O3. The van der Waals surface area contributed by atoms with Crippen LogP contribution in [-0.4, -0.2) is 23.5 Å². The first kappa shape index (κ1) is 15.5. The van der Waals surface area contributed by atoms with Gasteiger partial charge in [-0.2, -0.15) is 0 Å². The van der Waals surface area contributed by atoms with Gasteiger partial charge in [0.25, 0.3) is 0 Å². The first-order chi connectivity index (χ1) is 8.93. The fraction of sp³-hybridized carbons (Fsp3) is 0.385. The maximum atomic E-state index is 11.7. The lowest BCUT2D eigenvalue weighted by Crippen LogP contribution is -2.16. The van der Waals surface area contributed by atoms with Gasteiger partial charge in [0.1, 0.15) is 0 Å². The predicted molar refractivity (Wildman–Crippen MR) is 74.5 cm³/mol. The topological polar surface area (TPSA) is 92.4 Å². The van der Waals surface area contributed by atoms with E-state index in [1.807, 2.05) is 6.92 Å². The van der Waals surface area contributed by atoms with E-state index in [1.165, 1.54) is 18.2 Å². The number of benzene rings is 1. The van der Waals surface area contributed by atoms with Crippen LogP contribution >= 0.6 is 11.6 Å². The van der Waals surface area contributed by atoms with Gasteiger partial charge in [0.15, 0.2) is 0 Å². The van der Waals surface area contributed by atoms with Crippen LogP contribution in [0.4, 0.5) is 5.69 Å². The van der Waals surface area contributed by atoms with E-state index in [9.17, 15) is 9.59 Å². The third-order valence-corrected chi connectivity index (χ3v) is 3.08. The zero-order valence-corrected chi connectivity index (χ0v) is 11.4. The summed E-state index contributed by atoms with van der Waals surface area (Å²) in [6, 6.07) is 4.18. The first-order valence-corrected chi connectivity index (χ1v) is 6.34. The second-order valence-corrected chi connectivity index (χ2v) is 4.83. The molecule has 1 unspecified atom stereocenters. The van der Waals surface area contributed by atoms with Crippen molar-refractivity contribution < 1.29 is 14.7 Å². The van der Waals surface area contributed by atoms with Crippen molar-refractivity contribution in [2.45, 2.75) is 19.8 Å². The molecule has 0 aliphatic rings. The van der Waals surface area contributed by atoms with Crippen LogP contribution in [0.5, 0.6) is 0 Å². The molecule has 0 aliphatic carbocycles. The predicted octanol–water partition coefficient (Wildman–Crippen LogP) is 2.35. The molecule has 1 aromatic carbocycles. The average molecular weight is 285 g/mol. The molecule has 19 heavy (non-hydrogen) atoms. The summed E-state index contributed by atoms with van der Waals surface area (Å²) in [5, 5.41) is 11.8. The second kappa shape index (κ2) is 7.11. The Balaban J connectivity index is 2.68. The van der Waals surface area contributed by atoms with Crippen LogP contribution in [-0.2, 0) is 4.79 Å². The number of aromatic carboxylic acids is 1. The number of nitrogens with two attached hydrogens (primary N) is 1. The van der Waals surface area contributed by atoms with Crippen LogP contribution in [0.3, 0.4) is 0 Å². The second-order valence-electron chi connectivity index (χ2n) is 4.43. The zero-order chi connectivity index (χ0) is 14.4. The number of carboxylic acid groups (broad SMARTS) is 1. The highest BCUT2D eigenvalue weighted by Gasteiger charge is 2.11. The number of hydrogen-bond donors (Lipinski definition) is 3. The molecule has 1 atom stereocenters. The number of carboxylic acids is 1. The maximum Gasteiger partial charge on any atom is 0.335 e. The summed E-state index contributed by atoms with van der Waals surface area (Å²) in [5.74, 6) is -1.000. The van der Waals surface area contributed by atoms with Crippen LogP contribution in [0.25, 0.3) is 0 Å². The number of hydrogen-bond acceptors (Lipinski definition) is 3. The van der Waals surface area contributed by atoms with Gasteiger partial charge in [-0.15, -0.1) is 0 Å². The number of nitrogens with one attached hydrogen (secondary N) is 1. The number of amides is 1. The first-order valence-electron chi connectivity index (χ1n) is 5.96. The van der Waals surface area contributed by atoms with Crippen molar-refractivity contribution in [1.29, 1.82) is 0 Å². The summed E-state index contributed by atoms with van der Waals surface area (Å²) >= 11 is 5.91. The van der Waals surface area contributed by atoms with Gasteiger partial charge in [-0.1, -0.05) is 18.5 Å². The molecule has 0 radical (unpaired) electrons. The molecule has 0 aliphatic heterocycles. The Kier molecular flexibility index (Phi) is 5.79. The average Bonchev–Trinajstić information content (AvgIpc) is 2.38. The molecule has 0 aromatic heterocycles. The van der Waals surface area contributed by atoms with Gasteiger partial charge in [-0.3, -0.25) is 4.79 Å². The Hall–Kier alpha value is -1.59. The minimum absolute atomic E-state index is 0.0787. The molecule has 104 valence electrons. The quantitative estimate of drug-likeness (QED) is 0.747. The van der Waals surface area contributed by atoms with Gasteiger partial charge in [-0.25, -0.2) is 4.79 Å². The lowest BCUT2D eigenvalue weighted by molar-refractivity contribution is -0.116. The molecule has 0 fully saturated rings. The van der Waals surface area contributed by atoms with Crippen LogP contribution in [0.2, 0.25) is 5.02 Å². The van der Waals surface area contributed by atoms with Crippen molar-refractivity contribution in [3.05, 3.63) is 28.8 Å². The third-order valence-electron chi connectivity index (χ3n) is 2.75. The summed E-state index contributed by atoms with van der Waals surface area (Å²) in [5.41, 5.74) is 5.86. The fourth-order valence-corrected chi connectivity index (χ4v) is 1.63. The highest BCUT2D eigenvalue weighted by Crippen LogP contribution is 2.23. The molecule has 0 heterocycles. The van der Waals surface area contributed by atoms with E-state index < -0.39 is 5.97 Å². The molecular weight excluding hydrogens is 268 g/mol. The Bertz CT molecular complexity index is 477. The molecule has 0 saturated carbocycles. The highest BCUT2D eigenvalue weighted by atomic mass is 35.5. The van der Waals surface area contributed by atoms with Crippen molar-refractivity contribution in [3.63, 3.8) is 0 Å². The molecule has 1 rings (SSSR count). The highest BCUT2D eigenvalue weighted by molar-refractivity contribution is 6.33. The smallest absolute Gasteiger partial charge is 0.335 e. The maximum absolute atomic E-state index is 11.7. The third kappa shape index (κ3) is 4.89. The van der Waals surface area contributed by atoms with E-state index in [1.54, 1.807) is 0 Å². The van der Waals surface area contributed by atoms with Crippen LogP contribution < -0.4 is 11.1 Å². The lowest BCUT2D eigenvalue weighted by Gasteiger charge is -2.10. The van der Waals surface area contributed by atoms with Gasteiger partial charge < -0.3 is 16.2 Å². The summed E-state index contributed by atoms with van der Waals surface area (Å²) in [6.45, 7) is 2.49. The molecule has 5 nitrogen and oxygen atoms in total. The van der Waals surface area contributed by atoms with E-state index in [-0.39, 0.29) is 17.4 Å². The van der Waals surface area contributed by atoms with Gasteiger partial charge in [0.2, 0.25) is 5.91 Å². The lowest BCUT2D eigenvalue weighted by atomic mass is 10.1. The number of halogens is 1. The van der Waals surface area contributed by atoms with E-state index in [0.717, 1.165) is 0 Å². The Morgan fingerprint density at radius 3 is 2.74 bits per heavy atom. The molecule has 0 saturated heterocycles.